The van der Waals surface area contributed by atoms with Crippen molar-refractivity contribution in [2.75, 3.05) is 10.7 Å². The molecule has 5 nitrogen and oxygen atoms in total. The van der Waals surface area contributed by atoms with E-state index in [1.807, 2.05) is 32.0 Å². The molecule has 0 unspecified atom stereocenters. The Kier molecular flexibility index (Phi) is 3.78. The Morgan fingerprint density at radius 2 is 2.00 bits per heavy atom. The van der Waals surface area contributed by atoms with Gasteiger partial charge < -0.3 is 5.32 Å². The van der Waals surface area contributed by atoms with E-state index in [2.05, 4.69) is 36.6 Å². The maximum absolute atomic E-state index is 5.30. The third-order valence-electron chi connectivity index (χ3n) is 2.52. The van der Waals surface area contributed by atoms with Crippen molar-refractivity contribution in [1.29, 1.82) is 0 Å². The summed E-state index contributed by atoms with van der Waals surface area (Å²) in [6.07, 6.45) is 1.72. The number of nitrogens with one attached hydrogen (secondary N) is 2. The standard InChI is InChI=1S/C12H14BrN5/c1-7-5-9(3-4-10(7)13)16-11-8(2)6-15-12(17-11)18-14/h3-6H,14H2,1-2H3,(H2,15,16,17,18). The van der Waals surface area contributed by atoms with Crippen molar-refractivity contribution >= 4 is 33.4 Å². The summed E-state index contributed by atoms with van der Waals surface area (Å²) in [5.41, 5.74) is 5.51. The minimum atomic E-state index is 0.386. The summed E-state index contributed by atoms with van der Waals surface area (Å²) in [4.78, 5) is 8.30. The molecule has 2 rings (SSSR count). The summed E-state index contributed by atoms with van der Waals surface area (Å²) in [5.74, 6) is 6.42. The van der Waals surface area contributed by atoms with Crippen molar-refractivity contribution in [2.24, 2.45) is 5.84 Å². The fourth-order valence-electron chi connectivity index (χ4n) is 1.50. The minimum Gasteiger partial charge on any atom is -0.340 e. The number of nitrogen functional groups attached to an aromatic ring is 1. The fraction of sp³-hybridized carbons (Fsp3) is 0.167. The highest BCUT2D eigenvalue weighted by atomic mass is 79.9. The Labute approximate surface area is 114 Å². The zero-order valence-corrected chi connectivity index (χ0v) is 11.7. The van der Waals surface area contributed by atoms with Crippen molar-refractivity contribution < 1.29 is 0 Å². The highest BCUT2D eigenvalue weighted by Crippen LogP contribution is 2.23. The maximum atomic E-state index is 5.30. The van der Waals surface area contributed by atoms with Crippen molar-refractivity contribution in [1.82, 2.24) is 9.97 Å². The van der Waals surface area contributed by atoms with Gasteiger partial charge in [0.2, 0.25) is 5.95 Å². The van der Waals surface area contributed by atoms with Crippen LogP contribution in [-0.2, 0) is 0 Å². The van der Waals surface area contributed by atoms with Crippen LogP contribution in [0.25, 0.3) is 0 Å². The highest BCUT2D eigenvalue weighted by molar-refractivity contribution is 9.10. The van der Waals surface area contributed by atoms with Crippen LogP contribution >= 0.6 is 15.9 Å². The second-order valence-corrected chi connectivity index (χ2v) is 4.81. The molecule has 0 aliphatic carbocycles. The van der Waals surface area contributed by atoms with Crippen LogP contribution in [0, 0.1) is 13.8 Å². The number of nitrogens with two attached hydrogens (primary N) is 1. The van der Waals surface area contributed by atoms with Gasteiger partial charge >= 0.3 is 0 Å². The summed E-state index contributed by atoms with van der Waals surface area (Å²) >= 11 is 3.47. The minimum absolute atomic E-state index is 0.386. The average Bonchev–Trinajstić information content (AvgIpc) is 2.36. The Bertz CT molecular complexity index is 570. The molecule has 0 atom stereocenters. The number of aryl methyl sites for hydroxylation is 2. The number of halogens is 1. The third kappa shape index (κ3) is 2.77. The zero-order chi connectivity index (χ0) is 13.1. The maximum Gasteiger partial charge on any atom is 0.239 e. The van der Waals surface area contributed by atoms with Crippen LogP contribution in [0.15, 0.2) is 28.9 Å². The van der Waals surface area contributed by atoms with E-state index in [-0.39, 0.29) is 0 Å². The van der Waals surface area contributed by atoms with Crippen LogP contribution in [0.2, 0.25) is 0 Å². The molecule has 0 spiro atoms. The van der Waals surface area contributed by atoms with Gasteiger partial charge in [0.1, 0.15) is 5.82 Å². The molecule has 0 aliphatic heterocycles. The second kappa shape index (κ2) is 5.32. The van der Waals surface area contributed by atoms with E-state index < -0.39 is 0 Å². The molecule has 0 fully saturated rings. The Hall–Kier alpha value is -1.66. The number of aromatic nitrogens is 2. The fourth-order valence-corrected chi connectivity index (χ4v) is 1.74. The van der Waals surface area contributed by atoms with Crippen LogP contribution in [0.5, 0.6) is 0 Å². The molecule has 0 saturated heterocycles. The van der Waals surface area contributed by atoms with Crippen LogP contribution in [0.4, 0.5) is 17.5 Å². The summed E-state index contributed by atoms with van der Waals surface area (Å²) < 4.78 is 1.08. The summed E-state index contributed by atoms with van der Waals surface area (Å²) in [7, 11) is 0. The van der Waals surface area contributed by atoms with E-state index in [4.69, 9.17) is 5.84 Å². The number of hydrogen-bond acceptors (Lipinski definition) is 5. The van der Waals surface area contributed by atoms with E-state index >= 15 is 0 Å². The number of nitrogens with zero attached hydrogens (tertiary/aromatic N) is 2. The lowest BCUT2D eigenvalue weighted by atomic mass is 10.2. The van der Waals surface area contributed by atoms with Gasteiger partial charge in [-0.1, -0.05) is 15.9 Å². The summed E-state index contributed by atoms with van der Waals surface area (Å²) in [6, 6.07) is 6.02. The van der Waals surface area contributed by atoms with Crippen LogP contribution in [0.3, 0.4) is 0 Å². The molecule has 94 valence electrons. The average molecular weight is 308 g/mol. The first-order chi connectivity index (χ1) is 8.60. The number of anilines is 3. The molecule has 6 heteroatoms. The van der Waals surface area contributed by atoms with Gasteiger partial charge in [0.25, 0.3) is 0 Å². The lowest BCUT2D eigenvalue weighted by Gasteiger charge is -2.10. The first-order valence-electron chi connectivity index (χ1n) is 5.43. The van der Waals surface area contributed by atoms with Crippen LogP contribution < -0.4 is 16.6 Å². The van der Waals surface area contributed by atoms with Crippen molar-refractivity contribution in [2.45, 2.75) is 13.8 Å². The van der Waals surface area contributed by atoms with Crippen LogP contribution in [0.1, 0.15) is 11.1 Å². The molecular weight excluding hydrogens is 294 g/mol. The molecule has 18 heavy (non-hydrogen) atoms. The molecule has 2 aromatic rings. The van der Waals surface area contributed by atoms with E-state index in [1.165, 1.54) is 0 Å². The molecule has 0 amide bonds. The number of benzene rings is 1. The summed E-state index contributed by atoms with van der Waals surface area (Å²) in [5, 5.41) is 3.25. The lowest BCUT2D eigenvalue weighted by molar-refractivity contribution is 1.09. The largest absolute Gasteiger partial charge is 0.340 e. The SMILES string of the molecule is Cc1cc(Nc2nc(NN)ncc2C)ccc1Br. The van der Waals surface area contributed by atoms with Gasteiger partial charge in [-0.3, -0.25) is 5.43 Å². The Morgan fingerprint density at radius 3 is 2.67 bits per heavy atom. The Morgan fingerprint density at radius 1 is 1.22 bits per heavy atom. The molecule has 1 heterocycles. The zero-order valence-electron chi connectivity index (χ0n) is 10.2. The van der Waals surface area contributed by atoms with E-state index in [9.17, 15) is 0 Å². The normalized spacial score (nSPS) is 10.2. The predicted octanol–water partition coefficient (Wildman–Crippen LogP) is 2.89. The topological polar surface area (TPSA) is 75.9 Å². The summed E-state index contributed by atoms with van der Waals surface area (Å²) in [6.45, 7) is 3.98. The van der Waals surface area contributed by atoms with E-state index in [1.54, 1.807) is 6.20 Å². The molecule has 1 aromatic carbocycles. The van der Waals surface area contributed by atoms with Crippen LogP contribution in [-0.4, -0.2) is 9.97 Å². The van der Waals surface area contributed by atoms with Gasteiger partial charge in [-0.2, -0.15) is 4.98 Å². The quantitative estimate of drug-likeness (QED) is 0.600. The van der Waals surface area contributed by atoms with Gasteiger partial charge in [0.05, 0.1) is 0 Å². The van der Waals surface area contributed by atoms with Gasteiger partial charge in [0, 0.05) is 21.9 Å². The molecule has 0 radical (unpaired) electrons. The third-order valence-corrected chi connectivity index (χ3v) is 3.41. The van der Waals surface area contributed by atoms with Gasteiger partial charge in [-0.05, 0) is 37.6 Å². The van der Waals surface area contributed by atoms with Crippen molar-refractivity contribution in [3.63, 3.8) is 0 Å². The highest BCUT2D eigenvalue weighted by Gasteiger charge is 2.04. The van der Waals surface area contributed by atoms with Gasteiger partial charge in [-0.25, -0.2) is 10.8 Å². The Balaban J connectivity index is 2.30. The molecule has 0 aliphatic rings. The van der Waals surface area contributed by atoms with E-state index in [0.29, 0.717) is 5.95 Å². The predicted molar refractivity (Wildman–Crippen MR) is 76.7 cm³/mol. The molecule has 1 aromatic heterocycles. The first-order valence-corrected chi connectivity index (χ1v) is 6.23. The van der Waals surface area contributed by atoms with Crippen molar-refractivity contribution in [3.05, 3.63) is 40.0 Å². The molecule has 0 saturated carbocycles. The number of hydrogen-bond donors (Lipinski definition) is 3. The molecular formula is C12H14BrN5. The molecule has 4 N–H and O–H groups in total. The smallest absolute Gasteiger partial charge is 0.239 e. The van der Waals surface area contributed by atoms with Crippen molar-refractivity contribution in [3.8, 4) is 0 Å². The monoisotopic (exact) mass is 307 g/mol. The second-order valence-electron chi connectivity index (χ2n) is 3.96. The number of hydrazine groups is 1. The van der Waals surface area contributed by atoms with Gasteiger partial charge in [-0.15, -0.1) is 0 Å². The lowest BCUT2D eigenvalue weighted by Crippen LogP contribution is -2.11. The first kappa shape index (κ1) is 12.8. The number of rotatable bonds is 3. The molecule has 0 bridgehead atoms. The van der Waals surface area contributed by atoms with Gasteiger partial charge in [0.15, 0.2) is 0 Å². The van der Waals surface area contributed by atoms with E-state index in [0.717, 1.165) is 27.1 Å².